The van der Waals surface area contributed by atoms with Crippen molar-refractivity contribution >= 4 is 21.6 Å². The molecule has 0 aliphatic carbocycles. The van der Waals surface area contributed by atoms with Gasteiger partial charge in [0.2, 0.25) is 10.0 Å². The molecule has 28 heavy (non-hydrogen) atoms. The molecule has 2 N–H and O–H groups in total. The molecule has 0 unspecified atom stereocenters. The summed E-state index contributed by atoms with van der Waals surface area (Å²) in [7, 11) is -2.26. The number of rotatable bonds is 8. The summed E-state index contributed by atoms with van der Waals surface area (Å²) in [6.07, 6.45) is -0.792. The number of benzene rings is 2. The van der Waals surface area contributed by atoms with Crippen LogP contribution in [0, 0.1) is 6.92 Å². The lowest BCUT2D eigenvalue weighted by atomic mass is 10.2. The van der Waals surface area contributed by atoms with Gasteiger partial charge < -0.3 is 14.8 Å². The summed E-state index contributed by atoms with van der Waals surface area (Å²) >= 11 is 0. The molecular formula is C20H26N2O5S. The van der Waals surface area contributed by atoms with Crippen molar-refractivity contribution in [2.75, 3.05) is 12.4 Å². The maximum atomic E-state index is 12.6. The van der Waals surface area contributed by atoms with Gasteiger partial charge in [-0.15, -0.1) is 0 Å². The molecule has 0 aliphatic rings. The lowest BCUT2D eigenvalue weighted by Gasteiger charge is -2.18. The van der Waals surface area contributed by atoms with Gasteiger partial charge in [-0.1, -0.05) is 18.2 Å². The first-order chi connectivity index (χ1) is 13.1. The molecule has 152 valence electrons. The maximum Gasteiger partial charge on any atom is 0.265 e. The Labute approximate surface area is 166 Å². The van der Waals surface area contributed by atoms with Gasteiger partial charge in [0.15, 0.2) is 6.10 Å². The van der Waals surface area contributed by atoms with Gasteiger partial charge in [0, 0.05) is 6.04 Å². The molecule has 0 fully saturated rings. The van der Waals surface area contributed by atoms with Gasteiger partial charge in [0.1, 0.15) is 11.5 Å². The highest BCUT2D eigenvalue weighted by molar-refractivity contribution is 7.89. The third kappa shape index (κ3) is 5.46. The van der Waals surface area contributed by atoms with E-state index < -0.39 is 22.0 Å². The van der Waals surface area contributed by atoms with E-state index >= 15 is 0 Å². The average molecular weight is 407 g/mol. The zero-order chi connectivity index (χ0) is 20.9. The highest BCUT2D eigenvalue weighted by Gasteiger charge is 2.21. The van der Waals surface area contributed by atoms with Crippen LogP contribution in [0.3, 0.4) is 0 Å². The van der Waals surface area contributed by atoms with Gasteiger partial charge in [-0.3, -0.25) is 4.79 Å². The molecule has 1 amide bonds. The van der Waals surface area contributed by atoms with Crippen LogP contribution in [-0.4, -0.2) is 33.6 Å². The standard InChI is InChI=1S/C20H26N2O5S/c1-13(2)22-28(24,25)16-10-11-19(26-5)17(12-16)21-20(23)15(4)27-18-9-7-6-8-14(18)3/h6-13,15,22H,1-5H3,(H,21,23)/t15-/m1/s1. The molecule has 8 heteroatoms. The van der Waals surface area contributed by atoms with Gasteiger partial charge in [0.05, 0.1) is 17.7 Å². The van der Waals surface area contributed by atoms with Crippen molar-refractivity contribution in [2.24, 2.45) is 0 Å². The zero-order valence-electron chi connectivity index (χ0n) is 16.6. The largest absolute Gasteiger partial charge is 0.495 e. The molecule has 0 heterocycles. The molecule has 2 aromatic rings. The number of anilines is 1. The minimum atomic E-state index is -3.71. The van der Waals surface area contributed by atoms with Crippen molar-refractivity contribution in [3.8, 4) is 11.5 Å². The van der Waals surface area contributed by atoms with Crippen LogP contribution < -0.4 is 19.5 Å². The van der Waals surface area contributed by atoms with Crippen LogP contribution in [0.1, 0.15) is 26.3 Å². The molecule has 0 saturated carbocycles. The summed E-state index contributed by atoms with van der Waals surface area (Å²) in [5.74, 6) is 0.530. The highest BCUT2D eigenvalue weighted by atomic mass is 32.2. The van der Waals surface area contributed by atoms with E-state index in [1.165, 1.54) is 25.3 Å². The normalized spacial score (nSPS) is 12.5. The van der Waals surface area contributed by atoms with Crippen LogP contribution in [-0.2, 0) is 14.8 Å². The predicted octanol–water partition coefficient (Wildman–Crippen LogP) is 3.10. The van der Waals surface area contributed by atoms with E-state index in [1.807, 2.05) is 25.1 Å². The first-order valence-electron chi connectivity index (χ1n) is 8.87. The molecule has 0 aliphatic heterocycles. The fraction of sp³-hybridized carbons (Fsp3) is 0.350. The molecule has 0 saturated heterocycles. The minimum Gasteiger partial charge on any atom is -0.495 e. The molecule has 0 spiro atoms. The number of ether oxygens (including phenoxy) is 2. The number of carbonyl (C=O) groups is 1. The van der Waals surface area contributed by atoms with Crippen LogP contribution in [0.4, 0.5) is 5.69 Å². The van der Waals surface area contributed by atoms with Gasteiger partial charge in [-0.05, 0) is 57.5 Å². The van der Waals surface area contributed by atoms with Gasteiger partial charge in [-0.25, -0.2) is 13.1 Å². The summed E-state index contributed by atoms with van der Waals surface area (Å²) in [6, 6.07) is 11.4. The summed E-state index contributed by atoms with van der Waals surface area (Å²) in [4.78, 5) is 12.6. The third-order valence-corrected chi connectivity index (χ3v) is 5.55. The Bertz CT molecular complexity index is 941. The highest BCUT2D eigenvalue weighted by Crippen LogP contribution is 2.28. The first-order valence-corrected chi connectivity index (χ1v) is 10.4. The van der Waals surface area contributed by atoms with Crippen LogP contribution >= 0.6 is 0 Å². The smallest absolute Gasteiger partial charge is 0.265 e. The Morgan fingerprint density at radius 3 is 2.32 bits per heavy atom. The summed E-state index contributed by atoms with van der Waals surface area (Å²) in [5.41, 5.74) is 1.16. The summed E-state index contributed by atoms with van der Waals surface area (Å²) in [6.45, 7) is 6.97. The quantitative estimate of drug-likeness (QED) is 0.703. The van der Waals surface area contributed by atoms with E-state index in [0.29, 0.717) is 11.5 Å². The Balaban J connectivity index is 2.22. The number of hydrogen-bond acceptors (Lipinski definition) is 5. The van der Waals surface area contributed by atoms with E-state index in [2.05, 4.69) is 10.0 Å². The third-order valence-electron chi connectivity index (χ3n) is 3.90. The van der Waals surface area contributed by atoms with Crippen molar-refractivity contribution in [1.82, 2.24) is 4.72 Å². The number of methoxy groups -OCH3 is 1. The van der Waals surface area contributed by atoms with Crippen LogP contribution in [0.25, 0.3) is 0 Å². The van der Waals surface area contributed by atoms with E-state index in [-0.39, 0.29) is 16.6 Å². The van der Waals surface area contributed by atoms with E-state index in [4.69, 9.17) is 9.47 Å². The molecule has 0 radical (unpaired) electrons. The molecule has 2 aromatic carbocycles. The van der Waals surface area contributed by atoms with Gasteiger partial charge >= 0.3 is 0 Å². The Kier molecular flexibility index (Phi) is 7.04. The number of sulfonamides is 1. The van der Waals surface area contributed by atoms with Crippen molar-refractivity contribution < 1.29 is 22.7 Å². The molecule has 0 aromatic heterocycles. The topological polar surface area (TPSA) is 93.7 Å². The summed E-state index contributed by atoms with van der Waals surface area (Å²) < 4.78 is 38.3. The Hall–Kier alpha value is -2.58. The first kappa shape index (κ1) is 21.7. The lowest BCUT2D eigenvalue weighted by molar-refractivity contribution is -0.122. The fourth-order valence-corrected chi connectivity index (χ4v) is 3.77. The average Bonchev–Trinajstić information content (AvgIpc) is 2.62. The second kappa shape index (κ2) is 9.07. The van der Waals surface area contributed by atoms with Crippen molar-refractivity contribution in [3.63, 3.8) is 0 Å². The SMILES string of the molecule is COc1ccc(S(=O)(=O)NC(C)C)cc1NC(=O)[C@@H](C)Oc1ccccc1C. The minimum absolute atomic E-state index is 0.0322. The lowest BCUT2D eigenvalue weighted by Crippen LogP contribution is -2.31. The molecule has 1 atom stereocenters. The van der Waals surface area contributed by atoms with Crippen molar-refractivity contribution in [3.05, 3.63) is 48.0 Å². The number of hydrogen-bond donors (Lipinski definition) is 2. The predicted molar refractivity (Wildman–Crippen MR) is 108 cm³/mol. The number of nitrogens with one attached hydrogen (secondary N) is 2. The van der Waals surface area contributed by atoms with E-state index in [0.717, 1.165) is 5.56 Å². The second-order valence-corrected chi connectivity index (χ2v) is 8.37. The van der Waals surface area contributed by atoms with E-state index in [9.17, 15) is 13.2 Å². The van der Waals surface area contributed by atoms with Gasteiger partial charge in [-0.2, -0.15) is 0 Å². The molecular weight excluding hydrogens is 380 g/mol. The van der Waals surface area contributed by atoms with Crippen molar-refractivity contribution in [2.45, 2.75) is 44.7 Å². The fourth-order valence-electron chi connectivity index (χ4n) is 2.50. The van der Waals surface area contributed by atoms with Crippen molar-refractivity contribution in [1.29, 1.82) is 0 Å². The number of carbonyl (C=O) groups excluding carboxylic acids is 1. The van der Waals surface area contributed by atoms with Crippen LogP contribution in [0.5, 0.6) is 11.5 Å². The number of aryl methyl sites for hydroxylation is 1. The van der Waals surface area contributed by atoms with Gasteiger partial charge in [0.25, 0.3) is 5.91 Å². The van der Waals surface area contributed by atoms with E-state index in [1.54, 1.807) is 26.8 Å². The zero-order valence-corrected chi connectivity index (χ0v) is 17.5. The molecule has 2 rings (SSSR count). The molecule has 7 nitrogen and oxygen atoms in total. The maximum absolute atomic E-state index is 12.6. The van der Waals surface area contributed by atoms with Crippen LogP contribution in [0.2, 0.25) is 0 Å². The Morgan fingerprint density at radius 2 is 1.71 bits per heavy atom. The Morgan fingerprint density at radius 1 is 1.04 bits per heavy atom. The number of amides is 1. The second-order valence-electron chi connectivity index (χ2n) is 6.65. The number of para-hydroxylation sites is 1. The van der Waals surface area contributed by atoms with Crippen LogP contribution in [0.15, 0.2) is 47.4 Å². The summed E-state index contributed by atoms with van der Waals surface area (Å²) in [5, 5.41) is 2.69. The molecule has 0 bridgehead atoms. The monoisotopic (exact) mass is 406 g/mol.